The molecule has 0 bridgehead atoms. The molecule has 0 aromatic heterocycles. The van der Waals surface area contributed by atoms with Crippen LogP contribution in [0.25, 0.3) is 0 Å². The molecule has 0 spiro atoms. The summed E-state index contributed by atoms with van der Waals surface area (Å²) in [5, 5.41) is 0. The van der Waals surface area contributed by atoms with Gasteiger partial charge in [-0.05, 0) is 51.4 Å². The quantitative estimate of drug-likeness (QED) is 0.336. The van der Waals surface area contributed by atoms with E-state index in [1.165, 1.54) is 32.1 Å². The third-order valence-corrected chi connectivity index (χ3v) is 5.78. The molecule has 0 aromatic rings. The SMILES string of the molecule is O=P(O)(OCCCCC=C1CCCCC1)OCCCN1CCOCC1. The summed E-state index contributed by atoms with van der Waals surface area (Å²) in [6, 6.07) is 0. The lowest BCUT2D eigenvalue weighted by molar-refractivity contribution is 0.0348. The van der Waals surface area contributed by atoms with Crippen molar-refractivity contribution < 1.29 is 23.2 Å². The Labute approximate surface area is 152 Å². The van der Waals surface area contributed by atoms with Crippen LogP contribution in [0.4, 0.5) is 0 Å². The maximum Gasteiger partial charge on any atom is 0.472 e. The molecule has 1 saturated heterocycles. The first-order chi connectivity index (χ1) is 12.2. The number of allylic oxidation sites excluding steroid dienone is 2. The number of phosphoric acid groups is 1. The summed E-state index contributed by atoms with van der Waals surface area (Å²) in [6.07, 6.45) is 12.4. The minimum absolute atomic E-state index is 0.247. The lowest BCUT2D eigenvalue weighted by Crippen LogP contribution is -2.37. The first kappa shape index (κ1) is 21.1. The highest BCUT2D eigenvalue weighted by Gasteiger charge is 2.20. The fourth-order valence-corrected chi connectivity index (χ4v) is 4.07. The molecule has 2 aliphatic rings. The molecular formula is C18H34NO5P. The van der Waals surface area contributed by atoms with Crippen molar-refractivity contribution in [1.29, 1.82) is 0 Å². The van der Waals surface area contributed by atoms with Crippen LogP contribution in [0.15, 0.2) is 11.6 Å². The number of phosphoric ester groups is 1. The number of rotatable bonds is 11. The Hall–Kier alpha value is -0.230. The van der Waals surface area contributed by atoms with Gasteiger partial charge in [0.25, 0.3) is 0 Å². The maximum absolute atomic E-state index is 11.8. The molecule has 0 radical (unpaired) electrons. The van der Waals surface area contributed by atoms with Crippen LogP contribution in [-0.4, -0.2) is 55.9 Å². The zero-order valence-corrected chi connectivity index (χ0v) is 16.3. The van der Waals surface area contributed by atoms with E-state index < -0.39 is 7.82 Å². The zero-order chi connectivity index (χ0) is 17.8. The molecule has 1 heterocycles. The summed E-state index contributed by atoms with van der Waals surface area (Å²) in [6.45, 7) is 4.75. The standard InChI is InChI=1S/C18H34NO5P/c20-25(21,24-15-7-11-19-12-16-22-17-13-19)23-14-6-2-5-10-18-8-3-1-4-9-18/h10H,1-9,11-17H2,(H,20,21). The van der Waals surface area contributed by atoms with Crippen molar-refractivity contribution in [2.24, 2.45) is 0 Å². The first-order valence-corrected chi connectivity index (χ1v) is 11.3. The monoisotopic (exact) mass is 375 g/mol. The van der Waals surface area contributed by atoms with E-state index in [9.17, 15) is 9.46 Å². The van der Waals surface area contributed by atoms with Gasteiger partial charge >= 0.3 is 7.82 Å². The average molecular weight is 375 g/mol. The Balaban J connectivity index is 1.45. The van der Waals surface area contributed by atoms with Gasteiger partial charge in [0, 0.05) is 19.6 Å². The second-order valence-electron chi connectivity index (χ2n) is 6.86. The van der Waals surface area contributed by atoms with E-state index in [1.807, 2.05) is 0 Å². The Morgan fingerprint density at radius 1 is 1.04 bits per heavy atom. The van der Waals surface area contributed by atoms with Crippen molar-refractivity contribution in [3.63, 3.8) is 0 Å². The lowest BCUT2D eigenvalue weighted by Gasteiger charge is -2.26. The molecule has 2 rings (SSSR count). The number of nitrogens with zero attached hydrogens (tertiary/aromatic N) is 1. The number of ether oxygens (including phenoxy) is 1. The zero-order valence-electron chi connectivity index (χ0n) is 15.4. The lowest BCUT2D eigenvalue weighted by atomic mass is 9.94. The van der Waals surface area contributed by atoms with Crippen molar-refractivity contribution in [1.82, 2.24) is 4.90 Å². The van der Waals surface area contributed by atoms with Gasteiger partial charge in [-0.15, -0.1) is 0 Å². The number of unbranched alkanes of at least 4 members (excludes halogenated alkanes) is 2. The molecule has 1 aliphatic carbocycles. The van der Waals surface area contributed by atoms with Crippen molar-refractivity contribution in [2.75, 3.05) is 46.1 Å². The van der Waals surface area contributed by atoms with Crippen molar-refractivity contribution >= 4 is 7.82 Å². The van der Waals surface area contributed by atoms with E-state index in [0.29, 0.717) is 0 Å². The molecule has 2 fully saturated rings. The highest BCUT2D eigenvalue weighted by atomic mass is 31.2. The van der Waals surface area contributed by atoms with Gasteiger partial charge < -0.3 is 9.63 Å². The van der Waals surface area contributed by atoms with E-state index in [1.54, 1.807) is 5.57 Å². The van der Waals surface area contributed by atoms with Gasteiger partial charge in [-0.25, -0.2) is 4.57 Å². The van der Waals surface area contributed by atoms with Crippen LogP contribution in [0.1, 0.15) is 57.8 Å². The highest BCUT2D eigenvalue weighted by Crippen LogP contribution is 2.43. The van der Waals surface area contributed by atoms with Gasteiger partial charge in [0.1, 0.15) is 0 Å². The van der Waals surface area contributed by atoms with Crippen molar-refractivity contribution in [3.8, 4) is 0 Å². The van der Waals surface area contributed by atoms with Crippen LogP contribution in [0.3, 0.4) is 0 Å². The fourth-order valence-electron chi connectivity index (χ4n) is 3.27. The van der Waals surface area contributed by atoms with Gasteiger partial charge in [0.15, 0.2) is 0 Å². The molecule has 0 aromatic carbocycles. The van der Waals surface area contributed by atoms with Crippen molar-refractivity contribution in [2.45, 2.75) is 57.8 Å². The summed E-state index contributed by atoms with van der Waals surface area (Å²) in [4.78, 5) is 12.0. The summed E-state index contributed by atoms with van der Waals surface area (Å²) >= 11 is 0. The van der Waals surface area contributed by atoms with E-state index in [2.05, 4.69) is 11.0 Å². The molecule has 7 heteroatoms. The van der Waals surface area contributed by atoms with Crippen LogP contribution in [0.2, 0.25) is 0 Å². The van der Waals surface area contributed by atoms with E-state index in [4.69, 9.17) is 13.8 Å². The van der Waals surface area contributed by atoms with Crippen LogP contribution in [0, 0.1) is 0 Å². The predicted octanol–water partition coefficient (Wildman–Crippen LogP) is 3.90. The molecule has 1 aliphatic heterocycles. The number of hydrogen-bond acceptors (Lipinski definition) is 5. The largest absolute Gasteiger partial charge is 0.472 e. The Kier molecular flexibility index (Phi) is 10.3. The Morgan fingerprint density at radius 3 is 2.44 bits per heavy atom. The van der Waals surface area contributed by atoms with Crippen LogP contribution >= 0.6 is 7.82 Å². The van der Waals surface area contributed by atoms with Crippen molar-refractivity contribution in [3.05, 3.63) is 11.6 Å². The summed E-state index contributed by atoms with van der Waals surface area (Å²) in [5.41, 5.74) is 1.59. The molecule has 1 saturated carbocycles. The van der Waals surface area contributed by atoms with Gasteiger partial charge in [0.2, 0.25) is 0 Å². The van der Waals surface area contributed by atoms with Gasteiger partial charge in [-0.1, -0.05) is 18.1 Å². The second-order valence-corrected chi connectivity index (χ2v) is 8.31. The third-order valence-electron chi connectivity index (χ3n) is 4.76. The normalized spacial score (nSPS) is 21.9. The van der Waals surface area contributed by atoms with Gasteiger partial charge in [0.05, 0.1) is 26.4 Å². The maximum atomic E-state index is 11.8. The van der Waals surface area contributed by atoms with E-state index >= 15 is 0 Å². The molecule has 25 heavy (non-hydrogen) atoms. The second kappa shape index (κ2) is 12.2. The Morgan fingerprint density at radius 2 is 1.72 bits per heavy atom. The molecule has 1 unspecified atom stereocenters. The molecule has 1 N–H and O–H groups in total. The molecule has 0 amide bonds. The first-order valence-electron chi connectivity index (χ1n) is 9.76. The van der Waals surface area contributed by atoms with Gasteiger partial charge in [-0.2, -0.15) is 0 Å². The van der Waals surface area contributed by atoms with Crippen LogP contribution in [-0.2, 0) is 18.3 Å². The molecule has 6 nitrogen and oxygen atoms in total. The number of hydrogen-bond donors (Lipinski definition) is 1. The minimum Gasteiger partial charge on any atom is -0.379 e. The fraction of sp³-hybridized carbons (Fsp3) is 0.889. The smallest absolute Gasteiger partial charge is 0.379 e. The Bertz CT molecular complexity index is 429. The van der Waals surface area contributed by atoms with E-state index in [0.717, 1.165) is 58.5 Å². The minimum atomic E-state index is -3.90. The third kappa shape index (κ3) is 9.88. The topological polar surface area (TPSA) is 68.2 Å². The summed E-state index contributed by atoms with van der Waals surface area (Å²) in [5.74, 6) is 0. The summed E-state index contributed by atoms with van der Waals surface area (Å²) < 4.78 is 27.2. The molecule has 146 valence electrons. The van der Waals surface area contributed by atoms with Crippen LogP contribution < -0.4 is 0 Å². The van der Waals surface area contributed by atoms with Crippen LogP contribution in [0.5, 0.6) is 0 Å². The highest BCUT2D eigenvalue weighted by molar-refractivity contribution is 7.47. The van der Waals surface area contributed by atoms with Gasteiger partial charge in [-0.3, -0.25) is 13.9 Å². The average Bonchev–Trinajstić information content (AvgIpc) is 2.63. The van der Waals surface area contributed by atoms with E-state index in [-0.39, 0.29) is 13.2 Å². The number of morpholine rings is 1. The molecular weight excluding hydrogens is 341 g/mol. The summed E-state index contributed by atoms with van der Waals surface area (Å²) in [7, 11) is -3.90. The molecule has 1 atom stereocenters. The predicted molar refractivity (Wildman–Crippen MR) is 98.6 cm³/mol.